The Bertz CT molecular complexity index is 511. The summed E-state index contributed by atoms with van der Waals surface area (Å²) in [6.07, 6.45) is 1.93. The summed E-state index contributed by atoms with van der Waals surface area (Å²) in [5.74, 6) is 2.22. The molecule has 1 atom stereocenters. The zero-order valence-corrected chi connectivity index (χ0v) is 13.2. The van der Waals surface area contributed by atoms with Gasteiger partial charge in [0.2, 0.25) is 0 Å². The highest BCUT2D eigenvalue weighted by atomic mass is 32.2. The lowest BCUT2D eigenvalue weighted by Crippen LogP contribution is -2.10. The fraction of sp³-hybridized carbons (Fsp3) is 0.333. The summed E-state index contributed by atoms with van der Waals surface area (Å²) in [4.78, 5) is 1.29. The number of rotatable bonds is 8. The standard InChI is InChI=1S/C18H22O2S/c1-20-17-9-7-15(8-10-17)13-16(14-19)11-12-21-18-5-3-2-4-6-18/h2-10,16,19H,11-14H2,1H3. The van der Waals surface area contributed by atoms with E-state index in [0.717, 1.165) is 24.3 Å². The molecule has 21 heavy (non-hydrogen) atoms. The summed E-state index contributed by atoms with van der Waals surface area (Å²) in [5, 5.41) is 9.55. The molecule has 2 aromatic carbocycles. The number of aliphatic hydroxyl groups excluding tert-OH is 1. The second-order valence-corrected chi connectivity index (χ2v) is 6.22. The van der Waals surface area contributed by atoms with Crippen molar-refractivity contribution in [2.45, 2.75) is 17.7 Å². The van der Waals surface area contributed by atoms with Crippen LogP contribution in [0.5, 0.6) is 5.75 Å². The van der Waals surface area contributed by atoms with Crippen LogP contribution in [-0.4, -0.2) is 24.6 Å². The molecule has 2 aromatic rings. The Morgan fingerprint density at radius 2 is 1.76 bits per heavy atom. The minimum atomic E-state index is 0.237. The Morgan fingerprint density at radius 1 is 1.05 bits per heavy atom. The first-order chi connectivity index (χ1) is 10.3. The van der Waals surface area contributed by atoms with Gasteiger partial charge in [-0.1, -0.05) is 30.3 Å². The van der Waals surface area contributed by atoms with E-state index in [0.29, 0.717) is 5.92 Å². The molecule has 0 aliphatic heterocycles. The van der Waals surface area contributed by atoms with Gasteiger partial charge in [0, 0.05) is 11.5 Å². The van der Waals surface area contributed by atoms with Crippen LogP contribution in [0.1, 0.15) is 12.0 Å². The van der Waals surface area contributed by atoms with Crippen LogP contribution >= 0.6 is 11.8 Å². The molecule has 0 heterocycles. The van der Waals surface area contributed by atoms with Gasteiger partial charge in [-0.05, 0) is 54.3 Å². The first-order valence-corrected chi connectivity index (χ1v) is 8.22. The third-order valence-corrected chi connectivity index (χ3v) is 4.52. The molecular weight excluding hydrogens is 280 g/mol. The van der Waals surface area contributed by atoms with Crippen LogP contribution in [0.2, 0.25) is 0 Å². The Morgan fingerprint density at radius 3 is 2.38 bits per heavy atom. The second-order valence-electron chi connectivity index (χ2n) is 5.05. The molecule has 3 heteroatoms. The predicted octanol–water partition coefficient (Wildman–Crippen LogP) is 4.03. The molecular formula is C18H22O2S. The van der Waals surface area contributed by atoms with E-state index < -0.39 is 0 Å². The minimum absolute atomic E-state index is 0.237. The highest BCUT2D eigenvalue weighted by Crippen LogP contribution is 2.22. The molecule has 0 aromatic heterocycles. The first kappa shape index (κ1) is 15.9. The topological polar surface area (TPSA) is 29.5 Å². The lowest BCUT2D eigenvalue weighted by molar-refractivity contribution is 0.223. The molecule has 0 saturated heterocycles. The van der Waals surface area contributed by atoms with Gasteiger partial charge in [0.05, 0.1) is 7.11 Å². The highest BCUT2D eigenvalue weighted by Gasteiger charge is 2.09. The maximum Gasteiger partial charge on any atom is 0.118 e. The molecule has 0 bridgehead atoms. The van der Waals surface area contributed by atoms with Crippen molar-refractivity contribution in [1.82, 2.24) is 0 Å². The number of aliphatic hydroxyl groups is 1. The van der Waals surface area contributed by atoms with E-state index in [1.807, 2.05) is 30.0 Å². The number of methoxy groups -OCH3 is 1. The molecule has 0 aliphatic rings. The monoisotopic (exact) mass is 302 g/mol. The van der Waals surface area contributed by atoms with Gasteiger partial charge in [0.25, 0.3) is 0 Å². The third-order valence-electron chi connectivity index (χ3n) is 3.48. The van der Waals surface area contributed by atoms with Crippen LogP contribution in [0.25, 0.3) is 0 Å². The smallest absolute Gasteiger partial charge is 0.118 e. The van der Waals surface area contributed by atoms with Crippen LogP contribution < -0.4 is 4.74 Å². The van der Waals surface area contributed by atoms with Crippen LogP contribution in [0.4, 0.5) is 0 Å². The van der Waals surface area contributed by atoms with Crippen molar-refractivity contribution in [1.29, 1.82) is 0 Å². The Balaban J connectivity index is 1.79. The molecule has 0 amide bonds. The van der Waals surface area contributed by atoms with E-state index in [1.54, 1.807) is 7.11 Å². The predicted molar refractivity (Wildman–Crippen MR) is 89.1 cm³/mol. The molecule has 0 spiro atoms. The van der Waals surface area contributed by atoms with Crippen LogP contribution in [0, 0.1) is 5.92 Å². The largest absolute Gasteiger partial charge is 0.497 e. The number of benzene rings is 2. The van der Waals surface area contributed by atoms with Crippen molar-refractivity contribution in [3.63, 3.8) is 0 Å². The van der Waals surface area contributed by atoms with E-state index in [-0.39, 0.29) is 6.61 Å². The van der Waals surface area contributed by atoms with Gasteiger partial charge in [-0.3, -0.25) is 0 Å². The SMILES string of the molecule is COc1ccc(CC(CO)CCSc2ccccc2)cc1. The van der Waals surface area contributed by atoms with E-state index in [2.05, 4.69) is 36.4 Å². The summed E-state index contributed by atoms with van der Waals surface area (Å²) in [6.45, 7) is 0.237. The number of ether oxygens (including phenoxy) is 1. The number of hydrogen-bond acceptors (Lipinski definition) is 3. The minimum Gasteiger partial charge on any atom is -0.497 e. The van der Waals surface area contributed by atoms with Gasteiger partial charge in [0.15, 0.2) is 0 Å². The molecule has 0 aliphatic carbocycles. The number of hydrogen-bond donors (Lipinski definition) is 1. The normalized spacial score (nSPS) is 12.1. The fourth-order valence-corrected chi connectivity index (χ4v) is 3.25. The average Bonchev–Trinajstić information content (AvgIpc) is 2.55. The molecule has 0 saturated carbocycles. The summed E-state index contributed by atoms with van der Waals surface area (Å²) in [5.41, 5.74) is 1.25. The summed E-state index contributed by atoms with van der Waals surface area (Å²) in [6, 6.07) is 18.5. The third kappa shape index (κ3) is 5.44. The van der Waals surface area contributed by atoms with Gasteiger partial charge in [0.1, 0.15) is 5.75 Å². The molecule has 0 radical (unpaired) electrons. The lowest BCUT2D eigenvalue weighted by atomic mass is 9.98. The van der Waals surface area contributed by atoms with E-state index >= 15 is 0 Å². The van der Waals surface area contributed by atoms with Crippen LogP contribution in [0.15, 0.2) is 59.5 Å². The fourth-order valence-electron chi connectivity index (χ4n) is 2.21. The van der Waals surface area contributed by atoms with Gasteiger partial charge < -0.3 is 9.84 Å². The summed E-state index contributed by atoms with van der Waals surface area (Å²) >= 11 is 1.85. The van der Waals surface area contributed by atoms with E-state index in [9.17, 15) is 5.11 Å². The maximum absolute atomic E-state index is 9.55. The van der Waals surface area contributed by atoms with E-state index in [4.69, 9.17) is 4.74 Å². The summed E-state index contributed by atoms with van der Waals surface area (Å²) < 4.78 is 5.16. The Labute approximate surface area is 131 Å². The molecule has 0 fully saturated rings. The Hall–Kier alpha value is -1.45. The van der Waals surface area contributed by atoms with Crippen molar-refractivity contribution in [3.8, 4) is 5.75 Å². The first-order valence-electron chi connectivity index (χ1n) is 7.23. The maximum atomic E-state index is 9.55. The van der Waals surface area contributed by atoms with Crippen molar-refractivity contribution in [2.24, 2.45) is 5.92 Å². The van der Waals surface area contributed by atoms with Gasteiger partial charge >= 0.3 is 0 Å². The molecule has 112 valence electrons. The van der Waals surface area contributed by atoms with Gasteiger partial charge in [-0.2, -0.15) is 0 Å². The zero-order valence-electron chi connectivity index (χ0n) is 12.4. The molecule has 1 unspecified atom stereocenters. The second kappa shape index (κ2) is 8.75. The number of thioether (sulfide) groups is 1. The van der Waals surface area contributed by atoms with Crippen molar-refractivity contribution in [2.75, 3.05) is 19.5 Å². The van der Waals surface area contributed by atoms with Gasteiger partial charge in [-0.15, -0.1) is 11.8 Å². The van der Waals surface area contributed by atoms with Crippen molar-refractivity contribution < 1.29 is 9.84 Å². The van der Waals surface area contributed by atoms with E-state index in [1.165, 1.54) is 10.5 Å². The molecule has 2 rings (SSSR count). The Kier molecular flexibility index (Phi) is 6.64. The lowest BCUT2D eigenvalue weighted by Gasteiger charge is -2.14. The molecule has 1 N–H and O–H groups in total. The van der Waals surface area contributed by atoms with Crippen molar-refractivity contribution in [3.05, 3.63) is 60.2 Å². The molecule has 2 nitrogen and oxygen atoms in total. The highest BCUT2D eigenvalue weighted by molar-refractivity contribution is 7.99. The average molecular weight is 302 g/mol. The van der Waals surface area contributed by atoms with Crippen LogP contribution in [-0.2, 0) is 6.42 Å². The van der Waals surface area contributed by atoms with Crippen LogP contribution in [0.3, 0.4) is 0 Å². The van der Waals surface area contributed by atoms with Crippen molar-refractivity contribution >= 4 is 11.8 Å². The quantitative estimate of drug-likeness (QED) is 0.747. The summed E-state index contributed by atoms with van der Waals surface area (Å²) in [7, 11) is 1.67. The zero-order chi connectivity index (χ0) is 14.9. The van der Waals surface area contributed by atoms with Gasteiger partial charge in [-0.25, -0.2) is 0 Å².